The summed E-state index contributed by atoms with van der Waals surface area (Å²) in [6.07, 6.45) is 2.03. The van der Waals surface area contributed by atoms with Crippen molar-refractivity contribution in [2.45, 2.75) is 25.7 Å². The zero-order valence-corrected chi connectivity index (χ0v) is 23.0. The Labute approximate surface area is 233 Å². The van der Waals surface area contributed by atoms with Crippen molar-refractivity contribution in [2.75, 3.05) is 28.4 Å². The van der Waals surface area contributed by atoms with Gasteiger partial charge in [0.2, 0.25) is 0 Å². The predicted molar refractivity (Wildman–Crippen MR) is 152 cm³/mol. The maximum atomic E-state index is 10.8. The summed E-state index contributed by atoms with van der Waals surface area (Å²) >= 11 is 0. The Morgan fingerprint density at radius 2 is 0.725 bits per heavy atom. The van der Waals surface area contributed by atoms with Gasteiger partial charge >= 0.3 is 0 Å². The Kier molecular flexibility index (Phi) is 8.79. The minimum absolute atomic E-state index is 0.0300. The maximum absolute atomic E-state index is 10.8. The van der Waals surface area contributed by atoms with Crippen LogP contribution in [0.15, 0.2) is 60.7 Å². The highest BCUT2D eigenvalue weighted by Crippen LogP contribution is 2.42. The van der Waals surface area contributed by atoms with E-state index in [0.717, 1.165) is 11.1 Å². The molecule has 0 atom stereocenters. The van der Waals surface area contributed by atoms with Crippen LogP contribution >= 0.6 is 0 Å². The molecule has 0 amide bonds. The second-order valence-electron chi connectivity index (χ2n) is 9.44. The molecule has 0 fully saturated rings. The molecule has 40 heavy (non-hydrogen) atoms. The number of aryl methyl sites for hydroxylation is 4. The van der Waals surface area contributed by atoms with Crippen LogP contribution in [-0.2, 0) is 25.7 Å². The molecule has 8 nitrogen and oxygen atoms in total. The largest absolute Gasteiger partial charge is 0.508 e. The van der Waals surface area contributed by atoms with E-state index in [1.54, 1.807) is 40.6 Å². The fraction of sp³-hybridized carbons (Fsp3) is 0.250. The second-order valence-corrected chi connectivity index (χ2v) is 9.44. The summed E-state index contributed by atoms with van der Waals surface area (Å²) in [6.45, 7) is 0. The average Bonchev–Trinajstić information content (AvgIpc) is 2.97. The molecule has 0 saturated heterocycles. The number of ether oxygens (including phenoxy) is 4. The Morgan fingerprint density at radius 3 is 1.02 bits per heavy atom. The standard InChI is InChI=1S/C32H34O8/c1-37-23-9-19(10-24(15-23)38-2)5-7-21-13-31(35)27(17-29(21)33)28-18-30(34)22(14-32(28)36)8-6-20-11-25(39-3)16-26(12-20)40-4/h9-18,33-36H,5-8H2,1-4H3. The third-order valence-corrected chi connectivity index (χ3v) is 6.87. The van der Waals surface area contributed by atoms with Crippen molar-refractivity contribution in [3.63, 3.8) is 0 Å². The minimum atomic E-state index is -0.123. The van der Waals surface area contributed by atoms with Crippen molar-refractivity contribution in [1.82, 2.24) is 0 Å². The van der Waals surface area contributed by atoms with E-state index in [1.165, 1.54) is 24.3 Å². The van der Waals surface area contributed by atoms with E-state index in [-0.39, 0.29) is 34.1 Å². The lowest BCUT2D eigenvalue weighted by Crippen LogP contribution is -1.96. The smallest absolute Gasteiger partial charge is 0.124 e. The summed E-state index contributed by atoms with van der Waals surface area (Å²) in [5, 5.41) is 43.1. The molecule has 0 aliphatic rings. The van der Waals surface area contributed by atoms with Gasteiger partial charge in [-0.15, -0.1) is 0 Å². The van der Waals surface area contributed by atoms with Gasteiger partial charge in [0.25, 0.3) is 0 Å². The number of phenols is 4. The van der Waals surface area contributed by atoms with Crippen molar-refractivity contribution < 1.29 is 39.4 Å². The first kappa shape index (κ1) is 28.3. The predicted octanol–water partition coefficient (Wildman–Crippen LogP) is 5.78. The molecule has 210 valence electrons. The van der Waals surface area contributed by atoms with E-state index in [1.807, 2.05) is 24.3 Å². The molecule has 4 rings (SSSR count). The van der Waals surface area contributed by atoms with E-state index < -0.39 is 0 Å². The van der Waals surface area contributed by atoms with Gasteiger partial charge in [0.15, 0.2) is 0 Å². The van der Waals surface area contributed by atoms with Gasteiger partial charge in [0.05, 0.1) is 28.4 Å². The Balaban J connectivity index is 1.52. The van der Waals surface area contributed by atoms with E-state index in [4.69, 9.17) is 18.9 Å². The van der Waals surface area contributed by atoms with Crippen molar-refractivity contribution in [2.24, 2.45) is 0 Å². The van der Waals surface area contributed by atoms with Crippen LogP contribution in [0.3, 0.4) is 0 Å². The fourth-order valence-electron chi connectivity index (χ4n) is 4.65. The highest BCUT2D eigenvalue weighted by molar-refractivity contribution is 5.79. The molecule has 4 aromatic carbocycles. The van der Waals surface area contributed by atoms with Gasteiger partial charge in [-0.2, -0.15) is 0 Å². The van der Waals surface area contributed by atoms with Crippen LogP contribution in [0.5, 0.6) is 46.0 Å². The minimum Gasteiger partial charge on any atom is -0.508 e. The van der Waals surface area contributed by atoms with Gasteiger partial charge in [-0.1, -0.05) is 0 Å². The summed E-state index contributed by atoms with van der Waals surface area (Å²) in [4.78, 5) is 0. The number of hydrogen-bond acceptors (Lipinski definition) is 8. The highest BCUT2D eigenvalue weighted by atomic mass is 16.5. The van der Waals surface area contributed by atoms with Gasteiger partial charge in [-0.05, 0) is 96.5 Å². The molecular weight excluding hydrogens is 512 g/mol. The van der Waals surface area contributed by atoms with E-state index in [0.29, 0.717) is 59.8 Å². The number of hydrogen-bond donors (Lipinski definition) is 4. The van der Waals surface area contributed by atoms with E-state index in [9.17, 15) is 20.4 Å². The number of benzene rings is 4. The monoisotopic (exact) mass is 546 g/mol. The SMILES string of the molecule is COc1cc(CCc2cc(O)c(-c3cc(O)c(CCc4cc(OC)cc(OC)c4)cc3O)cc2O)cc(OC)c1. The Hall–Kier alpha value is -4.72. The van der Waals surface area contributed by atoms with Crippen molar-refractivity contribution in [3.8, 4) is 57.1 Å². The molecule has 0 unspecified atom stereocenters. The lowest BCUT2D eigenvalue weighted by atomic mass is 9.95. The van der Waals surface area contributed by atoms with Crippen LogP contribution in [0.1, 0.15) is 22.3 Å². The van der Waals surface area contributed by atoms with Gasteiger partial charge in [0.1, 0.15) is 46.0 Å². The fourth-order valence-corrected chi connectivity index (χ4v) is 4.65. The molecule has 0 heterocycles. The van der Waals surface area contributed by atoms with Gasteiger partial charge in [-0.25, -0.2) is 0 Å². The van der Waals surface area contributed by atoms with Crippen LogP contribution in [0.25, 0.3) is 11.1 Å². The summed E-state index contributed by atoms with van der Waals surface area (Å²) in [5.41, 5.74) is 3.39. The first-order chi connectivity index (χ1) is 19.2. The molecule has 0 saturated carbocycles. The molecule has 0 spiro atoms. The van der Waals surface area contributed by atoms with Crippen molar-refractivity contribution >= 4 is 0 Å². The Bertz CT molecular complexity index is 1340. The third-order valence-electron chi connectivity index (χ3n) is 6.87. The third kappa shape index (κ3) is 6.46. The number of methoxy groups -OCH3 is 4. The molecule has 0 bridgehead atoms. The molecular formula is C32H34O8. The molecule has 8 heteroatoms. The normalized spacial score (nSPS) is 10.8. The van der Waals surface area contributed by atoms with Crippen molar-refractivity contribution in [1.29, 1.82) is 0 Å². The Morgan fingerprint density at radius 1 is 0.400 bits per heavy atom. The molecule has 4 aromatic rings. The summed E-state index contributed by atoms with van der Waals surface area (Å²) < 4.78 is 21.3. The van der Waals surface area contributed by atoms with Crippen LogP contribution in [0, 0.1) is 0 Å². The number of aromatic hydroxyl groups is 4. The zero-order valence-electron chi connectivity index (χ0n) is 23.0. The first-order valence-corrected chi connectivity index (χ1v) is 12.8. The number of phenolic OH excluding ortho intramolecular Hbond substituents is 4. The molecule has 0 aromatic heterocycles. The molecule has 0 radical (unpaired) electrons. The maximum Gasteiger partial charge on any atom is 0.124 e. The zero-order chi connectivity index (χ0) is 28.8. The van der Waals surface area contributed by atoms with Crippen LogP contribution < -0.4 is 18.9 Å². The lowest BCUT2D eigenvalue weighted by molar-refractivity contribution is 0.393. The summed E-state index contributed by atoms with van der Waals surface area (Å²) in [5.74, 6) is 2.36. The number of rotatable bonds is 11. The van der Waals surface area contributed by atoms with E-state index >= 15 is 0 Å². The second kappa shape index (κ2) is 12.4. The van der Waals surface area contributed by atoms with Gasteiger partial charge in [-0.3, -0.25) is 0 Å². The van der Waals surface area contributed by atoms with E-state index in [2.05, 4.69) is 0 Å². The first-order valence-electron chi connectivity index (χ1n) is 12.8. The van der Waals surface area contributed by atoms with Crippen LogP contribution in [0.2, 0.25) is 0 Å². The van der Waals surface area contributed by atoms with Gasteiger partial charge < -0.3 is 39.4 Å². The molecule has 4 N–H and O–H groups in total. The van der Waals surface area contributed by atoms with Gasteiger partial charge in [0, 0.05) is 23.3 Å². The average molecular weight is 547 g/mol. The van der Waals surface area contributed by atoms with Crippen molar-refractivity contribution in [3.05, 3.63) is 82.9 Å². The highest BCUT2D eigenvalue weighted by Gasteiger charge is 2.17. The van der Waals surface area contributed by atoms with Crippen LogP contribution in [-0.4, -0.2) is 48.9 Å². The summed E-state index contributed by atoms with van der Waals surface area (Å²) in [6, 6.07) is 16.9. The lowest BCUT2D eigenvalue weighted by Gasteiger charge is -2.14. The van der Waals surface area contributed by atoms with Crippen LogP contribution in [0.4, 0.5) is 0 Å². The quantitative estimate of drug-likeness (QED) is 0.175. The summed E-state index contributed by atoms with van der Waals surface area (Å²) in [7, 11) is 6.33. The topological polar surface area (TPSA) is 118 Å². The molecule has 0 aliphatic heterocycles. The molecule has 0 aliphatic carbocycles.